The molecule has 188 valence electrons. The highest BCUT2D eigenvalue weighted by atomic mass is 35.5. The topological polar surface area (TPSA) is 106 Å². The molecule has 2 aromatic heterocycles. The molecule has 0 saturated carbocycles. The molecule has 2 aliphatic heterocycles. The van der Waals surface area contributed by atoms with Crippen molar-refractivity contribution in [3.63, 3.8) is 0 Å². The summed E-state index contributed by atoms with van der Waals surface area (Å²) in [7, 11) is 0. The van der Waals surface area contributed by atoms with Gasteiger partial charge >= 0.3 is 6.18 Å². The molecular formula is C22H23ClF3N5O4. The van der Waals surface area contributed by atoms with Crippen LogP contribution in [0.15, 0.2) is 24.5 Å². The molecule has 1 saturated heterocycles. The van der Waals surface area contributed by atoms with Crippen LogP contribution in [0.5, 0.6) is 5.88 Å². The van der Waals surface area contributed by atoms with E-state index in [4.69, 9.17) is 16.3 Å². The van der Waals surface area contributed by atoms with Crippen LogP contribution < -0.4 is 15.4 Å². The summed E-state index contributed by atoms with van der Waals surface area (Å²) in [4.78, 5) is 35.3. The number of aromatic nitrogens is 2. The molecule has 2 aromatic rings. The zero-order valence-corrected chi connectivity index (χ0v) is 19.4. The molecule has 2 N–H and O–H groups in total. The monoisotopic (exact) mass is 513 g/mol. The van der Waals surface area contributed by atoms with Crippen molar-refractivity contribution in [3.05, 3.63) is 46.2 Å². The Bertz CT molecular complexity index is 1110. The Kier molecular flexibility index (Phi) is 7.43. The quantitative estimate of drug-likeness (QED) is 0.586. The second-order valence-corrected chi connectivity index (χ2v) is 8.64. The molecule has 1 unspecified atom stereocenters. The van der Waals surface area contributed by atoms with Gasteiger partial charge in [-0.1, -0.05) is 11.6 Å². The lowest BCUT2D eigenvalue weighted by atomic mass is 10.1. The average molecular weight is 514 g/mol. The summed E-state index contributed by atoms with van der Waals surface area (Å²) in [5.41, 5.74) is 1.50. The van der Waals surface area contributed by atoms with E-state index in [9.17, 15) is 22.8 Å². The SMILES string of the molecule is CC(c1cnc(OCC(F)(F)F)c(Cl)c1)N1Cc2c(ccnc2NC(=O)C[C@@H]2COCCN2)C1=O. The van der Waals surface area contributed by atoms with Gasteiger partial charge in [-0.25, -0.2) is 9.97 Å². The fourth-order valence-electron chi connectivity index (χ4n) is 3.93. The number of anilines is 1. The van der Waals surface area contributed by atoms with Gasteiger partial charge in [-0.3, -0.25) is 9.59 Å². The number of nitrogens with zero attached hydrogens (tertiary/aromatic N) is 3. The zero-order valence-electron chi connectivity index (χ0n) is 18.7. The highest BCUT2D eigenvalue weighted by molar-refractivity contribution is 6.31. The van der Waals surface area contributed by atoms with Crippen LogP contribution in [0.25, 0.3) is 0 Å². The molecule has 0 radical (unpaired) electrons. The number of pyridine rings is 2. The fourth-order valence-corrected chi connectivity index (χ4v) is 4.16. The van der Waals surface area contributed by atoms with Gasteiger partial charge in [0.1, 0.15) is 10.8 Å². The Labute approximate surface area is 204 Å². The number of fused-ring (bicyclic) bond motifs is 1. The predicted octanol–water partition coefficient (Wildman–Crippen LogP) is 3.11. The zero-order chi connectivity index (χ0) is 25.2. The van der Waals surface area contributed by atoms with E-state index in [0.717, 1.165) is 0 Å². The summed E-state index contributed by atoms with van der Waals surface area (Å²) < 4.78 is 47.2. The standard InChI is InChI=1S/C22H23ClF3N5O4/c1-12(13-6-17(23)20(29-8-13)35-11-22(24,25)26)31-9-16-15(21(31)33)2-3-28-19(16)30-18(32)7-14-10-34-5-4-27-14/h2-3,6,8,12,14,27H,4-5,7,9-11H2,1H3,(H,28,30,32)/t12?,14-/m1/s1. The number of alkyl halides is 3. The number of morpholine rings is 1. The van der Waals surface area contributed by atoms with Crippen LogP contribution in [0.4, 0.5) is 19.0 Å². The maximum atomic E-state index is 13.1. The Balaban J connectivity index is 1.45. The predicted molar refractivity (Wildman–Crippen MR) is 119 cm³/mol. The average Bonchev–Trinajstić information content (AvgIpc) is 3.15. The van der Waals surface area contributed by atoms with Crippen LogP contribution >= 0.6 is 11.6 Å². The van der Waals surface area contributed by atoms with Gasteiger partial charge in [0.05, 0.1) is 25.8 Å². The molecule has 13 heteroatoms. The second kappa shape index (κ2) is 10.3. The molecule has 4 rings (SSSR count). The highest BCUT2D eigenvalue weighted by Crippen LogP contribution is 2.35. The number of hydrogen-bond acceptors (Lipinski definition) is 7. The normalized spacial score (nSPS) is 18.8. The number of hydrogen-bond donors (Lipinski definition) is 2. The van der Waals surface area contributed by atoms with E-state index in [1.807, 2.05) is 0 Å². The first-order valence-electron chi connectivity index (χ1n) is 10.9. The Hall–Kier alpha value is -2.96. The summed E-state index contributed by atoms with van der Waals surface area (Å²) >= 11 is 6.07. The molecule has 1 fully saturated rings. The smallest absolute Gasteiger partial charge is 0.422 e. The van der Waals surface area contributed by atoms with Crippen LogP contribution in [-0.4, -0.2) is 65.3 Å². The number of carbonyl (C=O) groups is 2. The molecule has 2 atom stereocenters. The summed E-state index contributed by atoms with van der Waals surface area (Å²) in [6.07, 6.45) is -1.55. The van der Waals surface area contributed by atoms with Gasteiger partial charge in [-0.15, -0.1) is 0 Å². The lowest BCUT2D eigenvalue weighted by Crippen LogP contribution is -2.43. The molecule has 0 aromatic carbocycles. The first-order valence-corrected chi connectivity index (χ1v) is 11.2. The summed E-state index contributed by atoms with van der Waals surface area (Å²) in [6, 6.07) is 2.39. The van der Waals surface area contributed by atoms with Crippen molar-refractivity contribution in [1.29, 1.82) is 0 Å². The third-order valence-electron chi connectivity index (χ3n) is 5.71. The largest absolute Gasteiger partial charge is 0.467 e. The van der Waals surface area contributed by atoms with E-state index in [2.05, 4.69) is 25.3 Å². The molecule has 9 nitrogen and oxygen atoms in total. The maximum Gasteiger partial charge on any atom is 0.422 e. The van der Waals surface area contributed by atoms with E-state index >= 15 is 0 Å². The molecule has 2 aliphatic rings. The number of rotatable bonds is 7. The van der Waals surface area contributed by atoms with Crippen LogP contribution in [0, 0.1) is 0 Å². The number of nitrogens with one attached hydrogen (secondary N) is 2. The van der Waals surface area contributed by atoms with Crippen LogP contribution in [0.2, 0.25) is 5.02 Å². The van der Waals surface area contributed by atoms with Crippen molar-refractivity contribution in [2.75, 3.05) is 31.7 Å². The number of carbonyl (C=O) groups excluding carboxylic acids is 2. The van der Waals surface area contributed by atoms with Crippen LogP contribution in [0.3, 0.4) is 0 Å². The summed E-state index contributed by atoms with van der Waals surface area (Å²) in [6.45, 7) is 2.12. The first kappa shape index (κ1) is 25.1. The van der Waals surface area contributed by atoms with Crippen LogP contribution in [-0.2, 0) is 16.1 Å². The van der Waals surface area contributed by atoms with Crippen molar-refractivity contribution >= 4 is 29.2 Å². The first-order chi connectivity index (χ1) is 16.6. The van der Waals surface area contributed by atoms with E-state index in [1.54, 1.807) is 17.9 Å². The van der Waals surface area contributed by atoms with Gasteiger partial charge in [0.15, 0.2) is 6.61 Å². The molecule has 0 bridgehead atoms. The third kappa shape index (κ3) is 6.00. The minimum absolute atomic E-state index is 0.0982. The van der Waals surface area contributed by atoms with Gasteiger partial charge < -0.3 is 25.0 Å². The maximum absolute atomic E-state index is 13.1. The molecule has 0 spiro atoms. The van der Waals surface area contributed by atoms with E-state index < -0.39 is 18.8 Å². The van der Waals surface area contributed by atoms with Gasteiger partial charge in [0.2, 0.25) is 11.8 Å². The molecule has 2 amide bonds. The molecule has 35 heavy (non-hydrogen) atoms. The van der Waals surface area contributed by atoms with Crippen molar-refractivity contribution in [2.45, 2.75) is 38.1 Å². The minimum atomic E-state index is -4.52. The molecular weight excluding hydrogens is 491 g/mol. The number of halogens is 4. The minimum Gasteiger partial charge on any atom is -0.467 e. The summed E-state index contributed by atoms with van der Waals surface area (Å²) in [5.74, 6) is -0.568. The highest BCUT2D eigenvalue weighted by Gasteiger charge is 2.35. The van der Waals surface area contributed by atoms with E-state index in [0.29, 0.717) is 42.3 Å². The number of amides is 2. The van der Waals surface area contributed by atoms with Gasteiger partial charge in [0, 0.05) is 42.5 Å². The van der Waals surface area contributed by atoms with Crippen molar-refractivity contribution in [3.8, 4) is 5.88 Å². The lowest BCUT2D eigenvalue weighted by molar-refractivity contribution is -0.154. The van der Waals surface area contributed by atoms with Crippen molar-refractivity contribution in [2.24, 2.45) is 0 Å². The van der Waals surface area contributed by atoms with Gasteiger partial charge in [0.25, 0.3) is 5.91 Å². The fraction of sp³-hybridized carbons (Fsp3) is 0.455. The van der Waals surface area contributed by atoms with Crippen molar-refractivity contribution < 1.29 is 32.2 Å². The van der Waals surface area contributed by atoms with Gasteiger partial charge in [-0.2, -0.15) is 13.2 Å². The van der Waals surface area contributed by atoms with Gasteiger partial charge in [-0.05, 0) is 24.6 Å². The second-order valence-electron chi connectivity index (χ2n) is 8.23. The third-order valence-corrected chi connectivity index (χ3v) is 5.99. The number of ether oxygens (including phenoxy) is 2. The Morgan fingerprint density at radius 3 is 2.91 bits per heavy atom. The van der Waals surface area contributed by atoms with E-state index in [-0.39, 0.29) is 41.7 Å². The Morgan fingerprint density at radius 2 is 2.23 bits per heavy atom. The van der Waals surface area contributed by atoms with Crippen LogP contribution in [0.1, 0.15) is 40.9 Å². The lowest BCUT2D eigenvalue weighted by Gasteiger charge is -2.25. The van der Waals surface area contributed by atoms with E-state index in [1.165, 1.54) is 18.5 Å². The molecule has 0 aliphatic carbocycles. The summed E-state index contributed by atoms with van der Waals surface area (Å²) in [5, 5.41) is 5.90. The van der Waals surface area contributed by atoms with Crippen molar-refractivity contribution in [1.82, 2.24) is 20.2 Å². The Morgan fingerprint density at radius 1 is 1.43 bits per heavy atom. The molecule has 4 heterocycles.